The van der Waals surface area contributed by atoms with E-state index >= 15 is 0 Å². The number of phenols is 3. The van der Waals surface area contributed by atoms with Crippen molar-refractivity contribution in [1.82, 2.24) is 0 Å². The molecule has 0 aliphatic carbocycles. The Morgan fingerprint density at radius 2 is 1.24 bits per heavy atom. The predicted molar refractivity (Wildman–Crippen MR) is 104 cm³/mol. The van der Waals surface area contributed by atoms with Crippen molar-refractivity contribution in [1.29, 1.82) is 0 Å². The van der Waals surface area contributed by atoms with Crippen LogP contribution in [-0.4, -0.2) is 39.5 Å². The highest BCUT2D eigenvalue weighted by Crippen LogP contribution is 2.40. The van der Waals surface area contributed by atoms with E-state index in [-0.39, 0.29) is 45.1 Å². The van der Waals surface area contributed by atoms with Gasteiger partial charge in [-0.15, -0.1) is 0 Å². The van der Waals surface area contributed by atoms with Crippen LogP contribution in [0, 0.1) is 34.6 Å². The number of esters is 2. The Labute approximate surface area is 168 Å². The minimum atomic E-state index is -0.936. The van der Waals surface area contributed by atoms with Gasteiger partial charge in [-0.2, -0.15) is 0 Å². The van der Waals surface area contributed by atoms with Crippen molar-refractivity contribution in [2.24, 2.45) is 0 Å². The highest BCUT2D eigenvalue weighted by atomic mass is 16.5. The number of phenolic OH excluding ortho intramolecular Hbond substituents is 1. The summed E-state index contributed by atoms with van der Waals surface area (Å²) in [4.78, 5) is 24.8. The summed E-state index contributed by atoms with van der Waals surface area (Å²) >= 11 is 0. The molecule has 0 aliphatic rings. The van der Waals surface area contributed by atoms with Crippen molar-refractivity contribution in [2.45, 2.75) is 41.2 Å². The Kier molecular flexibility index (Phi) is 6.08. The van der Waals surface area contributed by atoms with E-state index in [2.05, 4.69) is 0 Å². The topological polar surface area (TPSA) is 134 Å². The summed E-state index contributed by atoms with van der Waals surface area (Å²) in [7, 11) is 1.19. The van der Waals surface area contributed by atoms with Gasteiger partial charge in [0.25, 0.3) is 0 Å². The van der Waals surface area contributed by atoms with Crippen LogP contribution >= 0.6 is 0 Å². The molecular weight excluding hydrogens is 380 g/mol. The lowest BCUT2D eigenvalue weighted by molar-refractivity contribution is 0.0596. The maximum atomic E-state index is 12.9. The molecule has 0 saturated heterocycles. The minimum Gasteiger partial charge on any atom is -0.507 e. The van der Waals surface area contributed by atoms with Crippen molar-refractivity contribution < 1.29 is 39.5 Å². The molecule has 0 fully saturated rings. The average Bonchev–Trinajstić information content (AvgIpc) is 2.68. The normalized spacial score (nSPS) is 10.7. The third-order valence-electron chi connectivity index (χ3n) is 5.26. The Balaban J connectivity index is 2.64. The van der Waals surface area contributed by atoms with Gasteiger partial charge in [0.2, 0.25) is 0 Å². The molecule has 4 N–H and O–H groups in total. The van der Waals surface area contributed by atoms with Gasteiger partial charge in [0, 0.05) is 5.56 Å². The van der Waals surface area contributed by atoms with E-state index in [0.29, 0.717) is 16.7 Å². The van der Waals surface area contributed by atoms with Crippen LogP contribution in [-0.2, 0) is 11.3 Å². The first-order valence-electron chi connectivity index (χ1n) is 8.77. The summed E-state index contributed by atoms with van der Waals surface area (Å²) in [5.41, 5.74) is 1.13. The van der Waals surface area contributed by atoms with Crippen LogP contribution in [0.4, 0.5) is 0 Å². The molecule has 8 nitrogen and oxygen atoms in total. The van der Waals surface area contributed by atoms with Gasteiger partial charge in [-0.3, -0.25) is 0 Å². The molecule has 156 valence electrons. The lowest BCUT2D eigenvalue weighted by atomic mass is 9.95. The number of hydrogen-bond acceptors (Lipinski definition) is 8. The van der Waals surface area contributed by atoms with Crippen LogP contribution in [0.25, 0.3) is 0 Å². The van der Waals surface area contributed by atoms with E-state index in [1.807, 2.05) is 0 Å². The lowest BCUT2D eigenvalue weighted by Gasteiger charge is -2.19. The van der Waals surface area contributed by atoms with Crippen LogP contribution < -0.4 is 4.74 Å². The largest absolute Gasteiger partial charge is 0.507 e. The highest BCUT2D eigenvalue weighted by Gasteiger charge is 2.28. The Bertz CT molecular complexity index is 992. The van der Waals surface area contributed by atoms with E-state index in [1.165, 1.54) is 27.9 Å². The van der Waals surface area contributed by atoms with Gasteiger partial charge >= 0.3 is 11.9 Å². The van der Waals surface area contributed by atoms with Gasteiger partial charge in [0.1, 0.15) is 34.1 Å². The summed E-state index contributed by atoms with van der Waals surface area (Å²) in [6.45, 7) is 7.06. The van der Waals surface area contributed by atoms with Crippen LogP contribution in [0.1, 0.15) is 54.1 Å². The number of hydrogen-bond donors (Lipinski definition) is 4. The summed E-state index contributed by atoms with van der Waals surface area (Å²) in [6, 6.07) is 0. The monoisotopic (exact) mass is 404 g/mol. The number of carbonyl (C=O) groups is 2. The highest BCUT2D eigenvalue weighted by molar-refractivity contribution is 5.99. The van der Waals surface area contributed by atoms with Gasteiger partial charge in [-0.1, -0.05) is 0 Å². The second-order valence-corrected chi connectivity index (χ2v) is 6.77. The third-order valence-corrected chi connectivity index (χ3v) is 5.26. The van der Waals surface area contributed by atoms with Gasteiger partial charge in [0.05, 0.1) is 19.3 Å². The maximum absolute atomic E-state index is 12.9. The second kappa shape index (κ2) is 8.00. The van der Waals surface area contributed by atoms with E-state index in [0.717, 1.165) is 0 Å². The number of methoxy groups -OCH3 is 1. The molecule has 0 saturated carbocycles. The van der Waals surface area contributed by atoms with E-state index in [9.17, 15) is 30.0 Å². The fourth-order valence-electron chi connectivity index (χ4n) is 3.19. The molecule has 2 aromatic rings. The number of aliphatic hydroxyl groups is 1. The van der Waals surface area contributed by atoms with E-state index in [1.54, 1.807) is 13.8 Å². The van der Waals surface area contributed by atoms with Crippen molar-refractivity contribution >= 4 is 11.9 Å². The number of aromatic hydroxyl groups is 3. The molecule has 29 heavy (non-hydrogen) atoms. The summed E-state index contributed by atoms with van der Waals surface area (Å²) in [5.74, 6) is -2.88. The first kappa shape index (κ1) is 22.0. The molecule has 0 amide bonds. The Morgan fingerprint density at radius 1 is 0.724 bits per heavy atom. The van der Waals surface area contributed by atoms with Gasteiger partial charge < -0.3 is 29.9 Å². The minimum absolute atomic E-state index is 0.0237. The van der Waals surface area contributed by atoms with Gasteiger partial charge in [-0.05, 0) is 56.9 Å². The van der Waals surface area contributed by atoms with Crippen molar-refractivity contribution in [3.05, 3.63) is 44.5 Å². The zero-order valence-electron chi connectivity index (χ0n) is 17.1. The quantitative estimate of drug-likeness (QED) is 0.452. The number of rotatable bonds is 4. The first-order valence-corrected chi connectivity index (χ1v) is 8.77. The molecule has 0 radical (unpaired) electrons. The molecule has 0 aliphatic heterocycles. The molecular formula is C21H24O8. The Morgan fingerprint density at radius 3 is 1.76 bits per heavy atom. The first-order chi connectivity index (χ1) is 13.5. The zero-order valence-corrected chi connectivity index (χ0v) is 17.1. The van der Waals surface area contributed by atoms with Crippen LogP contribution in [0.3, 0.4) is 0 Å². The summed E-state index contributed by atoms with van der Waals surface area (Å²) in [6.07, 6.45) is 0. The second-order valence-electron chi connectivity index (χ2n) is 6.77. The van der Waals surface area contributed by atoms with Gasteiger partial charge in [-0.25, -0.2) is 9.59 Å². The number of carbonyl (C=O) groups excluding carboxylic acids is 2. The van der Waals surface area contributed by atoms with Gasteiger partial charge in [0.15, 0.2) is 0 Å². The molecule has 8 heteroatoms. The fourth-order valence-corrected chi connectivity index (χ4v) is 3.19. The van der Waals surface area contributed by atoms with Crippen LogP contribution in [0.2, 0.25) is 0 Å². The number of aliphatic hydroxyl groups excluding tert-OH is 1. The fraction of sp³-hybridized carbons (Fsp3) is 0.333. The van der Waals surface area contributed by atoms with Crippen molar-refractivity contribution in [3.63, 3.8) is 0 Å². The molecule has 0 bridgehead atoms. The molecule has 0 heterocycles. The molecule has 0 atom stereocenters. The predicted octanol–water partition coefficient (Wildman–Crippen LogP) is 2.84. The SMILES string of the molecule is COC(=O)c1c(C)c(C)c(OC(=O)c2c(C)c(C)c(O)c(CO)c2O)c(C)c1O. The average molecular weight is 404 g/mol. The van der Waals surface area contributed by atoms with Crippen molar-refractivity contribution in [2.75, 3.05) is 7.11 Å². The van der Waals surface area contributed by atoms with E-state index in [4.69, 9.17) is 9.47 Å². The zero-order chi connectivity index (χ0) is 22.2. The molecule has 0 aromatic heterocycles. The molecule has 0 spiro atoms. The van der Waals surface area contributed by atoms with Crippen LogP contribution in [0.5, 0.6) is 23.0 Å². The lowest BCUT2D eigenvalue weighted by Crippen LogP contribution is -2.16. The molecule has 0 unspecified atom stereocenters. The molecule has 2 aromatic carbocycles. The number of benzene rings is 2. The molecule has 2 rings (SSSR count). The van der Waals surface area contributed by atoms with E-state index < -0.39 is 24.3 Å². The maximum Gasteiger partial charge on any atom is 0.347 e. The third kappa shape index (κ3) is 3.47. The summed E-state index contributed by atoms with van der Waals surface area (Å²) in [5, 5.41) is 40.3. The standard InChI is InChI=1S/C21H24O8/c1-8-10(3)16(23)13(7-22)18(25)15(8)21(27)29-19-11(4)9(2)14(20(26)28-6)17(24)12(19)5/h22-25H,7H2,1-6H3. The smallest absolute Gasteiger partial charge is 0.347 e. The summed E-state index contributed by atoms with van der Waals surface area (Å²) < 4.78 is 10.2. The Hall–Kier alpha value is -3.26. The van der Waals surface area contributed by atoms with Crippen LogP contribution in [0.15, 0.2) is 0 Å². The number of ether oxygens (including phenoxy) is 2. The van der Waals surface area contributed by atoms with Crippen molar-refractivity contribution in [3.8, 4) is 23.0 Å².